The van der Waals surface area contributed by atoms with E-state index in [-0.39, 0.29) is 12.3 Å². The van der Waals surface area contributed by atoms with Gasteiger partial charge in [0.15, 0.2) is 0 Å². The lowest BCUT2D eigenvalue weighted by Crippen LogP contribution is -2.37. The molecule has 0 fully saturated rings. The maximum atomic E-state index is 12.7. The molecule has 15 heteroatoms. The number of carbonyl (C=O) groups excluding carboxylic acids is 2. The molecule has 7 rings (SSSR count). The molecular formula is C48H49N7O8. The van der Waals surface area contributed by atoms with Crippen LogP contribution in [0.2, 0.25) is 0 Å². The van der Waals surface area contributed by atoms with Crippen molar-refractivity contribution in [3.05, 3.63) is 167 Å². The summed E-state index contributed by atoms with van der Waals surface area (Å²) in [6, 6.07) is 40.4. The molecule has 0 aliphatic rings. The molecule has 0 aliphatic carbocycles. The minimum Gasteiger partial charge on any atom is -0.497 e. The van der Waals surface area contributed by atoms with Gasteiger partial charge in [-0.2, -0.15) is 30.0 Å². The Kier molecular flexibility index (Phi) is 16.1. The molecule has 2 heterocycles. The van der Waals surface area contributed by atoms with E-state index in [4.69, 9.17) is 18.9 Å². The molecule has 1 amide bonds. The van der Waals surface area contributed by atoms with Crippen molar-refractivity contribution >= 4 is 18.3 Å². The van der Waals surface area contributed by atoms with Gasteiger partial charge in [0.05, 0.1) is 54.5 Å². The minimum atomic E-state index is -1.14. The van der Waals surface area contributed by atoms with Gasteiger partial charge in [0, 0.05) is 12.1 Å². The van der Waals surface area contributed by atoms with Crippen molar-refractivity contribution in [3.8, 4) is 34.4 Å². The van der Waals surface area contributed by atoms with E-state index in [0.717, 1.165) is 64.6 Å². The number of hydrogen-bond acceptors (Lipinski definition) is 11. The Morgan fingerprint density at radius 1 is 0.635 bits per heavy atom. The van der Waals surface area contributed by atoms with Crippen LogP contribution in [-0.4, -0.2) is 85.2 Å². The fraction of sp³-hybridized carbons (Fsp3) is 0.229. The van der Waals surface area contributed by atoms with Crippen LogP contribution in [0.3, 0.4) is 0 Å². The van der Waals surface area contributed by atoms with E-state index in [1.807, 2.05) is 92.7 Å². The van der Waals surface area contributed by atoms with Crippen LogP contribution in [0.1, 0.15) is 51.5 Å². The Hall–Kier alpha value is -7.81. The highest BCUT2D eigenvalue weighted by Gasteiger charge is 2.20. The lowest BCUT2D eigenvalue weighted by Gasteiger charge is -2.20. The first-order valence-corrected chi connectivity index (χ1v) is 20.4. The molecule has 0 bridgehead atoms. The van der Waals surface area contributed by atoms with Crippen molar-refractivity contribution in [1.29, 1.82) is 0 Å². The normalized spacial score (nSPS) is 10.6. The number of ether oxygens (including phenoxy) is 4. The first-order valence-electron chi connectivity index (χ1n) is 20.4. The zero-order valence-electron chi connectivity index (χ0n) is 35.4. The van der Waals surface area contributed by atoms with E-state index in [9.17, 15) is 19.5 Å². The molecule has 63 heavy (non-hydrogen) atoms. The third kappa shape index (κ3) is 13.6. The Bertz CT molecular complexity index is 2540. The van der Waals surface area contributed by atoms with E-state index >= 15 is 0 Å². The summed E-state index contributed by atoms with van der Waals surface area (Å²) < 4.78 is 22.1. The van der Waals surface area contributed by atoms with Crippen molar-refractivity contribution in [1.82, 2.24) is 34.9 Å². The van der Waals surface area contributed by atoms with Crippen LogP contribution in [0, 0.1) is 13.8 Å². The number of hydrogen-bond donors (Lipinski definition) is 1. The van der Waals surface area contributed by atoms with E-state index in [2.05, 4.69) is 20.4 Å². The molecule has 5 aromatic carbocycles. The lowest BCUT2D eigenvalue weighted by atomic mass is 10.2. The van der Waals surface area contributed by atoms with Crippen LogP contribution in [0.15, 0.2) is 133 Å². The predicted octanol–water partition coefficient (Wildman–Crippen LogP) is 8.08. The molecule has 0 saturated heterocycles. The third-order valence-corrected chi connectivity index (χ3v) is 9.50. The quantitative estimate of drug-likeness (QED) is 0.0613. The van der Waals surface area contributed by atoms with Gasteiger partial charge in [-0.25, -0.2) is 4.79 Å². The van der Waals surface area contributed by atoms with Crippen LogP contribution in [0.4, 0.5) is 4.79 Å². The number of nitrogens with zero attached hydrogens (tertiary/aromatic N) is 7. The number of carboxylic acids is 1. The summed E-state index contributed by atoms with van der Waals surface area (Å²) >= 11 is 0. The average molecular weight is 852 g/mol. The molecule has 0 spiro atoms. The number of aryl methyl sites for hydroxylation is 4. The molecule has 0 atom stereocenters. The zero-order chi connectivity index (χ0) is 44.4. The van der Waals surface area contributed by atoms with Crippen molar-refractivity contribution in [3.63, 3.8) is 0 Å². The molecule has 324 valence electrons. The Morgan fingerprint density at radius 2 is 1.16 bits per heavy atom. The lowest BCUT2D eigenvalue weighted by molar-refractivity contribution is -0.138. The second-order valence-corrected chi connectivity index (χ2v) is 14.2. The molecular weight excluding hydrogens is 803 g/mol. The summed E-state index contributed by atoms with van der Waals surface area (Å²) in [6.07, 6.45) is 3.12. The average Bonchev–Trinajstić information content (AvgIpc) is 3.88. The SMILES string of the molecule is COc1ccc(OC(=O)N(CC(=O)O)Cc2cccc(OCCCc3nn(-c4ccccc4)nc3C)c2)cc1.Cc1nn(-c2ccccc2)nc1CCCOc1cccc(C=O)c1. The van der Waals surface area contributed by atoms with E-state index in [1.165, 1.54) is 7.11 Å². The highest BCUT2D eigenvalue weighted by atomic mass is 16.6. The number of aromatic nitrogens is 6. The second-order valence-electron chi connectivity index (χ2n) is 14.2. The van der Waals surface area contributed by atoms with Gasteiger partial charge >= 0.3 is 12.1 Å². The number of carbonyl (C=O) groups is 3. The van der Waals surface area contributed by atoms with Gasteiger partial charge in [-0.15, -0.1) is 0 Å². The third-order valence-electron chi connectivity index (χ3n) is 9.50. The minimum absolute atomic E-state index is 0.0419. The van der Waals surface area contributed by atoms with Gasteiger partial charge in [0.2, 0.25) is 0 Å². The van der Waals surface area contributed by atoms with Crippen LogP contribution < -0.4 is 18.9 Å². The number of carboxylic acid groups (broad SMARTS) is 1. The molecule has 0 aliphatic heterocycles. The van der Waals surface area contributed by atoms with Crippen molar-refractivity contribution in [2.45, 2.75) is 46.1 Å². The maximum Gasteiger partial charge on any atom is 0.416 e. The van der Waals surface area contributed by atoms with Gasteiger partial charge in [0.1, 0.15) is 35.8 Å². The van der Waals surface area contributed by atoms with Crippen LogP contribution in [0.5, 0.6) is 23.0 Å². The standard InChI is InChI=1S/C29H30N4O6.C19H19N3O2/c1-21-27(31-33(30-21)23-9-4-3-5-10-23)12-7-17-38-26-11-6-8-22(18-26)19-32(20-28(34)35)29(36)39-25-15-13-24(37-2)14-16-25;1-15-19(21-22(20-15)17-8-3-2-4-9-17)11-6-12-24-18-10-5-7-16(13-18)14-23/h3-6,8-11,13-16,18H,7,12,17,19-20H2,1-2H3,(H,34,35);2-5,7-10,13-14H,6,11-12H2,1H3. The van der Waals surface area contributed by atoms with Gasteiger partial charge < -0.3 is 24.1 Å². The van der Waals surface area contributed by atoms with Crippen molar-refractivity contribution in [2.24, 2.45) is 0 Å². The number of aldehydes is 1. The van der Waals surface area contributed by atoms with Crippen LogP contribution in [0.25, 0.3) is 11.4 Å². The topological polar surface area (TPSA) is 173 Å². The van der Waals surface area contributed by atoms with Crippen molar-refractivity contribution in [2.75, 3.05) is 26.9 Å². The summed E-state index contributed by atoms with van der Waals surface area (Å²) in [4.78, 5) is 39.3. The molecule has 0 saturated carbocycles. The number of para-hydroxylation sites is 2. The monoisotopic (exact) mass is 851 g/mol. The first-order chi connectivity index (χ1) is 30.7. The van der Waals surface area contributed by atoms with Crippen LogP contribution in [-0.2, 0) is 24.2 Å². The number of benzene rings is 5. The highest BCUT2D eigenvalue weighted by molar-refractivity contribution is 5.78. The molecule has 0 unspecified atom stereocenters. The largest absolute Gasteiger partial charge is 0.497 e. The number of amides is 1. The highest BCUT2D eigenvalue weighted by Crippen LogP contribution is 2.21. The summed E-state index contributed by atoms with van der Waals surface area (Å²) in [5, 5.41) is 27.4. The van der Waals surface area contributed by atoms with Gasteiger partial charge in [-0.1, -0.05) is 60.7 Å². The van der Waals surface area contributed by atoms with Crippen molar-refractivity contribution < 1.29 is 38.4 Å². The fourth-order valence-electron chi connectivity index (χ4n) is 6.28. The molecule has 15 nitrogen and oxygen atoms in total. The van der Waals surface area contributed by atoms with Gasteiger partial charge in [0.25, 0.3) is 0 Å². The Labute approximate surface area is 365 Å². The summed E-state index contributed by atoms with van der Waals surface area (Å²) in [7, 11) is 1.53. The first kappa shape index (κ1) is 44.7. The van der Waals surface area contributed by atoms with Crippen LogP contribution >= 0.6 is 0 Å². The summed E-state index contributed by atoms with van der Waals surface area (Å²) in [5.41, 5.74) is 6.89. The fourth-order valence-corrected chi connectivity index (χ4v) is 6.28. The zero-order valence-corrected chi connectivity index (χ0v) is 35.4. The molecule has 0 radical (unpaired) electrons. The Balaban J connectivity index is 0.000000235. The number of methoxy groups -OCH3 is 1. The van der Waals surface area contributed by atoms with E-state index < -0.39 is 18.6 Å². The number of aliphatic carboxylic acids is 1. The molecule has 7 aromatic rings. The maximum absolute atomic E-state index is 12.7. The Morgan fingerprint density at radius 3 is 1.68 bits per heavy atom. The predicted molar refractivity (Wildman–Crippen MR) is 235 cm³/mol. The number of rotatable bonds is 19. The molecule has 1 N–H and O–H groups in total. The van der Waals surface area contributed by atoms with E-state index in [1.54, 1.807) is 64.2 Å². The summed E-state index contributed by atoms with van der Waals surface area (Å²) in [6.45, 7) is 4.47. The second kappa shape index (κ2) is 22.7. The van der Waals surface area contributed by atoms with Gasteiger partial charge in [-0.05, 0) is 118 Å². The van der Waals surface area contributed by atoms with E-state index in [0.29, 0.717) is 48.0 Å². The molecule has 2 aromatic heterocycles. The smallest absolute Gasteiger partial charge is 0.416 e. The van der Waals surface area contributed by atoms with Gasteiger partial charge in [-0.3, -0.25) is 14.5 Å². The summed E-state index contributed by atoms with van der Waals surface area (Å²) in [5.74, 6) is 1.09.